The first kappa shape index (κ1) is 22.2. The van der Waals surface area contributed by atoms with Gasteiger partial charge < -0.3 is 24.4 Å². The number of aromatic nitrogens is 2. The van der Waals surface area contributed by atoms with Crippen molar-refractivity contribution in [2.24, 2.45) is 0 Å². The SMILES string of the molecule is CCOc1ccc(NC(=O)COC(=O)CN(C)c2ccc(Cl)nn2)cc1OCC. The number of hydrogen-bond donors (Lipinski definition) is 1. The summed E-state index contributed by atoms with van der Waals surface area (Å²) in [7, 11) is 1.65. The largest absolute Gasteiger partial charge is 0.490 e. The number of likely N-dealkylation sites (N-methyl/N-ethyl adjacent to an activating group) is 1. The fraction of sp³-hybridized carbons (Fsp3) is 0.368. The van der Waals surface area contributed by atoms with E-state index in [0.717, 1.165) is 0 Å². The average molecular weight is 423 g/mol. The van der Waals surface area contributed by atoms with Gasteiger partial charge in [-0.2, -0.15) is 0 Å². The first-order chi connectivity index (χ1) is 13.9. The number of hydrogen-bond acceptors (Lipinski definition) is 8. The molecule has 0 saturated carbocycles. The fourth-order valence-corrected chi connectivity index (χ4v) is 2.41. The van der Waals surface area contributed by atoms with Crippen LogP contribution in [-0.4, -0.2) is 55.5 Å². The van der Waals surface area contributed by atoms with Crippen LogP contribution in [0, 0.1) is 0 Å². The van der Waals surface area contributed by atoms with Gasteiger partial charge in [0.2, 0.25) is 0 Å². The summed E-state index contributed by atoms with van der Waals surface area (Å²) in [6.45, 7) is 4.17. The Hall–Kier alpha value is -3.07. The molecule has 0 radical (unpaired) electrons. The highest BCUT2D eigenvalue weighted by Crippen LogP contribution is 2.30. The molecule has 10 heteroatoms. The third kappa shape index (κ3) is 7.11. The van der Waals surface area contributed by atoms with E-state index in [1.807, 2.05) is 13.8 Å². The van der Waals surface area contributed by atoms with Gasteiger partial charge in [-0.05, 0) is 38.1 Å². The second kappa shape index (κ2) is 11.1. The molecule has 0 unspecified atom stereocenters. The van der Waals surface area contributed by atoms with Gasteiger partial charge in [-0.25, -0.2) is 0 Å². The summed E-state index contributed by atoms with van der Waals surface area (Å²) in [6, 6.07) is 8.23. The standard InChI is InChI=1S/C19H23ClN4O5/c1-4-27-14-7-6-13(10-15(14)28-5-2)21-18(25)12-29-19(26)11-24(3)17-9-8-16(20)22-23-17/h6-10H,4-5,11-12H2,1-3H3,(H,21,25). The summed E-state index contributed by atoms with van der Waals surface area (Å²) in [4.78, 5) is 25.6. The lowest BCUT2D eigenvalue weighted by Crippen LogP contribution is -2.30. The predicted octanol–water partition coefficient (Wildman–Crippen LogP) is 2.55. The van der Waals surface area contributed by atoms with Gasteiger partial charge in [-0.15, -0.1) is 10.2 Å². The van der Waals surface area contributed by atoms with Crippen LogP contribution in [0.25, 0.3) is 0 Å². The van der Waals surface area contributed by atoms with Gasteiger partial charge in [0.25, 0.3) is 5.91 Å². The molecule has 0 saturated heterocycles. The Morgan fingerprint density at radius 3 is 2.45 bits per heavy atom. The number of carbonyl (C=O) groups is 2. The molecule has 1 aromatic carbocycles. The number of nitrogens with one attached hydrogen (secondary N) is 1. The minimum Gasteiger partial charge on any atom is -0.490 e. The lowest BCUT2D eigenvalue weighted by molar-refractivity contribution is -0.145. The zero-order valence-corrected chi connectivity index (χ0v) is 17.2. The van der Waals surface area contributed by atoms with Crippen LogP contribution in [0.4, 0.5) is 11.5 Å². The van der Waals surface area contributed by atoms with Gasteiger partial charge in [0.15, 0.2) is 29.1 Å². The molecular formula is C19H23ClN4O5. The molecule has 0 aliphatic carbocycles. The molecule has 1 amide bonds. The van der Waals surface area contributed by atoms with E-state index in [9.17, 15) is 9.59 Å². The summed E-state index contributed by atoms with van der Waals surface area (Å²) in [5.74, 6) is 0.510. The summed E-state index contributed by atoms with van der Waals surface area (Å²) in [5, 5.41) is 10.5. The zero-order chi connectivity index (χ0) is 21.2. The van der Waals surface area contributed by atoms with Crippen LogP contribution in [0.3, 0.4) is 0 Å². The highest BCUT2D eigenvalue weighted by molar-refractivity contribution is 6.29. The van der Waals surface area contributed by atoms with Crippen molar-refractivity contribution >= 4 is 35.0 Å². The number of ether oxygens (including phenoxy) is 3. The number of benzene rings is 1. The molecule has 0 aliphatic rings. The van der Waals surface area contributed by atoms with Gasteiger partial charge in [-0.3, -0.25) is 9.59 Å². The van der Waals surface area contributed by atoms with E-state index in [2.05, 4.69) is 15.5 Å². The van der Waals surface area contributed by atoms with Gasteiger partial charge in [-0.1, -0.05) is 11.6 Å². The third-order valence-corrected chi connectivity index (χ3v) is 3.77. The summed E-state index contributed by atoms with van der Waals surface area (Å²) in [5.41, 5.74) is 0.506. The monoisotopic (exact) mass is 422 g/mol. The molecule has 0 atom stereocenters. The van der Waals surface area contributed by atoms with E-state index < -0.39 is 18.5 Å². The Bertz CT molecular complexity index is 832. The second-order valence-corrected chi connectivity index (χ2v) is 6.19. The maximum Gasteiger partial charge on any atom is 0.326 e. The molecule has 9 nitrogen and oxygen atoms in total. The van der Waals surface area contributed by atoms with Crippen LogP contribution >= 0.6 is 11.6 Å². The number of anilines is 2. The molecule has 156 valence electrons. The fourth-order valence-electron chi connectivity index (χ4n) is 2.30. The number of carbonyl (C=O) groups excluding carboxylic acids is 2. The molecule has 0 aliphatic heterocycles. The van der Waals surface area contributed by atoms with Crippen LogP contribution in [-0.2, 0) is 14.3 Å². The number of rotatable bonds is 10. The van der Waals surface area contributed by atoms with E-state index in [1.165, 1.54) is 4.90 Å². The van der Waals surface area contributed by atoms with Crippen molar-refractivity contribution in [3.05, 3.63) is 35.5 Å². The molecular weight excluding hydrogens is 400 g/mol. The lowest BCUT2D eigenvalue weighted by Gasteiger charge is -2.16. The minimum absolute atomic E-state index is 0.0961. The zero-order valence-electron chi connectivity index (χ0n) is 16.5. The van der Waals surface area contributed by atoms with Crippen LogP contribution in [0.1, 0.15) is 13.8 Å². The van der Waals surface area contributed by atoms with E-state index in [-0.39, 0.29) is 11.7 Å². The number of nitrogens with zero attached hydrogens (tertiary/aromatic N) is 3. The van der Waals surface area contributed by atoms with Crippen molar-refractivity contribution in [3.63, 3.8) is 0 Å². The smallest absolute Gasteiger partial charge is 0.326 e. The first-order valence-electron chi connectivity index (χ1n) is 8.98. The molecule has 29 heavy (non-hydrogen) atoms. The second-order valence-electron chi connectivity index (χ2n) is 5.81. The minimum atomic E-state index is -0.582. The first-order valence-corrected chi connectivity index (χ1v) is 9.36. The average Bonchev–Trinajstić information content (AvgIpc) is 2.69. The van der Waals surface area contributed by atoms with E-state index in [0.29, 0.717) is 36.2 Å². The van der Waals surface area contributed by atoms with Crippen LogP contribution < -0.4 is 19.7 Å². The molecule has 0 bridgehead atoms. The third-order valence-electron chi connectivity index (χ3n) is 3.57. The van der Waals surface area contributed by atoms with Gasteiger partial charge in [0, 0.05) is 18.8 Å². The van der Waals surface area contributed by atoms with Crippen molar-refractivity contribution in [2.45, 2.75) is 13.8 Å². The van der Waals surface area contributed by atoms with E-state index in [1.54, 1.807) is 37.4 Å². The van der Waals surface area contributed by atoms with Crippen molar-refractivity contribution in [2.75, 3.05) is 43.6 Å². The Labute approximate surface area is 173 Å². The van der Waals surface area contributed by atoms with Crippen molar-refractivity contribution in [3.8, 4) is 11.5 Å². The summed E-state index contributed by atoms with van der Waals surface area (Å²) < 4.78 is 16.0. The molecule has 1 heterocycles. The molecule has 0 fully saturated rings. The Morgan fingerprint density at radius 1 is 1.07 bits per heavy atom. The number of halogens is 1. The molecule has 1 N–H and O–H groups in total. The Morgan fingerprint density at radius 2 is 1.79 bits per heavy atom. The predicted molar refractivity (Wildman–Crippen MR) is 109 cm³/mol. The van der Waals surface area contributed by atoms with Crippen molar-refractivity contribution in [1.82, 2.24) is 10.2 Å². The van der Waals surface area contributed by atoms with Crippen molar-refractivity contribution < 1.29 is 23.8 Å². The quantitative estimate of drug-likeness (QED) is 0.582. The van der Waals surface area contributed by atoms with Gasteiger partial charge >= 0.3 is 5.97 Å². The number of amides is 1. The number of esters is 1. The van der Waals surface area contributed by atoms with E-state index in [4.69, 9.17) is 25.8 Å². The maximum atomic E-state index is 12.1. The normalized spacial score (nSPS) is 10.2. The van der Waals surface area contributed by atoms with E-state index >= 15 is 0 Å². The molecule has 2 rings (SSSR count). The topological polar surface area (TPSA) is 103 Å². The lowest BCUT2D eigenvalue weighted by atomic mass is 10.2. The van der Waals surface area contributed by atoms with Crippen LogP contribution in [0.2, 0.25) is 5.15 Å². The highest BCUT2D eigenvalue weighted by atomic mass is 35.5. The van der Waals surface area contributed by atoms with Gasteiger partial charge in [0.1, 0.15) is 6.54 Å². The Balaban J connectivity index is 1.85. The molecule has 0 spiro atoms. The van der Waals surface area contributed by atoms with Crippen LogP contribution in [0.5, 0.6) is 11.5 Å². The van der Waals surface area contributed by atoms with Gasteiger partial charge in [0.05, 0.1) is 13.2 Å². The van der Waals surface area contributed by atoms with Crippen molar-refractivity contribution in [1.29, 1.82) is 0 Å². The summed E-state index contributed by atoms with van der Waals surface area (Å²) in [6.07, 6.45) is 0. The highest BCUT2D eigenvalue weighted by Gasteiger charge is 2.13. The Kier molecular flexibility index (Phi) is 8.47. The maximum absolute atomic E-state index is 12.1. The van der Waals surface area contributed by atoms with Crippen LogP contribution in [0.15, 0.2) is 30.3 Å². The molecule has 1 aromatic heterocycles. The molecule has 2 aromatic rings. The summed E-state index contributed by atoms with van der Waals surface area (Å²) >= 11 is 5.68.